The molecule has 0 atom stereocenters. The van der Waals surface area contributed by atoms with Crippen LogP contribution in [0.2, 0.25) is 13.1 Å². The third-order valence-electron chi connectivity index (χ3n) is 5.20. The molecule has 0 amide bonds. The Kier molecular flexibility index (Phi) is 2.62. The Morgan fingerprint density at radius 3 is 2.29 bits per heavy atom. The first-order valence-electron chi connectivity index (χ1n) is 7.87. The molecule has 0 aromatic heterocycles. The van der Waals surface area contributed by atoms with E-state index in [-0.39, 0.29) is 0 Å². The fourth-order valence-corrected chi connectivity index (χ4v) is 7.79. The fraction of sp³-hybridized carbons (Fsp3) is 0.250. The van der Waals surface area contributed by atoms with E-state index in [1.807, 2.05) is 0 Å². The lowest BCUT2D eigenvalue weighted by Gasteiger charge is -2.20. The molecule has 1 aliphatic heterocycles. The van der Waals surface area contributed by atoms with Gasteiger partial charge in [0, 0.05) is 6.42 Å². The average molecular weight is 289 g/mol. The zero-order valence-electron chi connectivity index (χ0n) is 13.2. The van der Waals surface area contributed by atoms with Crippen LogP contribution < -0.4 is 5.19 Å². The van der Waals surface area contributed by atoms with Crippen LogP contribution in [0, 0.1) is 6.42 Å². The average Bonchev–Trinajstić information content (AvgIpc) is 2.90. The van der Waals surface area contributed by atoms with Crippen molar-refractivity contribution in [3.63, 3.8) is 0 Å². The molecule has 1 radical (unpaired) electrons. The number of aryl methyl sites for hydroxylation is 1. The highest BCUT2D eigenvalue weighted by Gasteiger charge is 2.44. The zero-order chi connectivity index (χ0) is 14.8. The number of hydrogen-bond donors (Lipinski definition) is 0. The minimum Gasteiger partial charge on any atom is -0.0646 e. The molecular formula is C20H21Si. The van der Waals surface area contributed by atoms with Crippen LogP contribution in [0.25, 0.3) is 16.3 Å². The largest absolute Gasteiger partial charge is 0.113 e. The molecule has 2 aromatic carbocycles. The van der Waals surface area contributed by atoms with Crippen molar-refractivity contribution in [3.05, 3.63) is 65.1 Å². The van der Waals surface area contributed by atoms with Crippen LogP contribution in [0.15, 0.2) is 42.0 Å². The predicted octanol–water partition coefficient (Wildman–Crippen LogP) is 4.72. The Morgan fingerprint density at radius 2 is 1.62 bits per heavy atom. The molecule has 4 rings (SSSR count). The summed E-state index contributed by atoms with van der Waals surface area (Å²) in [4.78, 5) is 0. The summed E-state index contributed by atoms with van der Waals surface area (Å²) in [7, 11) is -1.51. The smallest absolute Gasteiger partial charge is 0.0646 e. The molecule has 2 aliphatic rings. The molecule has 1 heteroatoms. The van der Waals surface area contributed by atoms with Crippen molar-refractivity contribution in [2.45, 2.75) is 33.4 Å². The van der Waals surface area contributed by atoms with Crippen LogP contribution in [0.1, 0.15) is 30.5 Å². The van der Waals surface area contributed by atoms with Crippen LogP contribution in [0.3, 0.4) is 0 Å². The van der Waals surface area contributed by atoms with Gasteiger partial charge in [-0.1, -0.05) is 62.0 Å². The maximum Gasteiger partial charge on any atom is 0.113 e. The molecule has 0 unspecified atom stereocenters. The summed E-state index contributed by atoms with van der Waals surface area (Å²) in [5.74, 6) is 0. The second kappa shape index (κ2) is 4.20. The van der Waals surface area contributed by atoms with Gasteiger partial charge < -0.3 is 0 Å². The highest BCUT2D eigenvalue weighted by atomic mass is 28.3. The van der Waals surface area contributed by atoms with Crippen molar-refractivity contribution in [1.82, 2.24) is 0 Å². The highest BCUT2D eigenvalue weighted by Crippen LogP contribution is 2.49. The van der Waals surface area contributed by atoms with E-state index in [4.69, 9.17) is 0 Å². The molecule has 0 N–H and O–H groups in total. The number of benzene rings is 2. The Bertz CT molecular complexity index is 776. The first-order chi connectivity index (χ1) is 10.0. The van der Waals surface area contributed by atoms with Gasteiger partial charge in [0.1, 0.15) is 8.07 Å². The molecule has 0 spiro atoms. The summed E-state index contributed by atoms with van der Waals surface area (Å²) < 4.78 is 0. The maximum absolute atomic E-state index is 2.50. The molecule has 2 bridgehead atoms. The summed E-state index contributed by atoms with van der Waals surface area (Å²) in [6, 6.07) is 13.9. The van der Waals surface area contributed by atoms with Gasteiger partial charge in [0.15, 0.2) is 0 Å². The van der Waals surface area contributed by atoms with Gasteiger partial charge in [-0.25, -0.2) is 0 Å². The van der Waals surface area contributed by atoms with Gasteiger partial charge in [-0.2, -0.15) is 0 Å². The van der Waals surface area contributed by atoms with Crippen LogP contribution in [-0.4, -0.2) is 8.07 Å². The molecule has 0 fully saturated rings. The van der Waals surface area contributed by atoms with Gasteiger partial charge in [-0.05, 0) is 51.5 Å². The van der Waals surface area contributed by atoms with Crippen LogP contribution in [-0.2, 0) is 6.42 Å². The number of fused-ring (bicyclic) bond motifs is 1. The second-order valence-corrected chi connectivity index (χ2v) is 11.1. The lowest BCUT2D eigenvalue weighted by molar-refractivity contribution is 1.14. The topological polar surface area (TPSA) is 0 Å². The molecule has 0 nitrogen and oxygen atoms in total. The quantitative estimate of drug-likeness (QED) is 0.702. The van der Waals surface area contributed by atoms with E-state index in [1.165, 1.54) is 27.8 Å². The molecule has 21 heavy (non-hydrogen) atoms. The molecule has 0 saturated carbocycles. The summed E-state index contributed by atoms with van der Waals surface area (Å²) in [6.45, 7) is 9.51. The van der Waals surface area contributed by atoms with E-state index in [9.17, 15) is 0 Å². The van der Waals surface area contributed by atoms with Crippen LogP contribution >= 0.6 is 0 Å². The van der Waals surface area contributed by atoms with Crippen molar-refractivity contribution >= 4 is 18.5 Å². The van der Waals surface area contributed by atoms with E-state index in [0.29, 0.717) is 0 Å². The second-order valence-electron chi connectivity index (χ2n) is 6.83. The van der Waals surface area contributed by atoms with E-state index in [1.54, 1.807) is 15.9 Å². The highest BCUT2D eigenvalue weighted by molar-refractivity contribution is 7.07. The SMILES string of the molecule is CCc1ccc(-c2c3ccc4c2C(=C(C)[CH]4)[Si]3(C)C)cc1. The first kappa shape index (κ1) is 13.1. The van der Waals surface area contributed by atoms with Crippen molar-refractivity contribution < 1.29 is 0 Å². The van der Waals surface area contributed by atoms with Crippen molar-refractivity contribution in [2.75, 3.05) is 0 Å². The molecule has 1 aliphatic carbocycles. The third-order valence-corrected chi connectivity index (χ3v) is 8.86. The Hall–Kier alpha value is -1.60. The summed E-state index contributed by atoms with van der Waals surface area (Å²) in [5, 5.41) is 3.29. The first-order valence-corrected chi connectivity index (χ1v) is 10.9. The predicted molar refractivity (Wildman–Crippen MR) is 94.4 cm³/mol. The minimum absolute atomic E-state index is 1.11. The lowest BCUT2D eigenvalue weighted by atomic mass is 9.96. The third kappa shape index (κ3) is 1.61. The van der Waals surface area contributed by atoms with Crippen molar-refractivity contribution in [3.8, 4) is 11.1 Å². The molecular weight excluding hydrogens is 268 g/mol. The van der Waals surface area contributed by atoms with Gasteiger partial charge in [0.2, 0.25) is 0 Å². The van der Waals surface area contributed by atoms with Crippen LogP contribution in [0.5, 0.6) is 0 Å². The minimum atomic E-state index is -1.51. The van der Waals surface area contributed by atoms with Gasteiger partial charge in [0.25, 0.3) is 0 Å². The van der Waals surface area contributed by atoms with Crippen molar-refractivity contribution in [1.29, 1.82) is 0 Å². The summed E-state index contributed by atoms with van der Waals surface area (Å²) >= 11 is 0. The van der Waals surface area contributed by atoms with E-state index in [2.05, 4.69) is 69.8 Å². The van der Waals surface area contributed by atoms with Gasteiger partial charge in [0.05, 0.1) is 0 Å². The van der Waals surface area contributed by atoms with E-state index in [0.717, 1.165) is 6.42 Å². The zero-order valence-corrected chi connectivity index (χ0v) is 14.2. The van der Waals surface area contributed by atoms with Crippen LogP contribution in [0.4, 0.5) is 0 Å². The number of hydrogen-bond acceptors (Lipinski definition) is 0. The maximum atomic E-state index is 2.50. The summed E-state index contributed by atoms with van der Waals surface area (Å²) in [5.41, 5.74) is 8.82. The fourth-order valence-electron chi connectivity index (χ4n) is 4.18. The Morgan fingerprint density at radius 1 is 0.905 bits per heavy atom. The number of allylic oxidation sites excluding steroid dienone is 1. The Labute approximate surface area is 128 Å². The molecule has 105 valence electrons. The van der Waals surface area contributed by atoms with Gasteiger partial charge in [-0.3, -0.25) is 0 Å². The molecule has 2 aromatic rings. The van der Waals surface area contributed by atoms with E-state index >= 15 is 0 Å². The van der Waals surface area contributed by atoms with Gasteiger partial charge >= 0.3 is 0 Å². The molecule has 1 heterocycles. The standard InChI is InChI=1S/C20H21Si/c1-5-14-6-8-15(9-7-14)18-17-11-10-16-12-13(2)20(19(16)18)21(17,3)4/h6-12H,5H2,1-4H3. The lowest BCUT2D eigenvalue weighted by Crippen LogP contribution is -2.39. The Balaban J connectivity index is 2.00. The normalized spacial score (nSPS) is 17.7. The van der Waals surface area contributed by atoms with Crippen molar-refractivity contribution in [2.24, 2.45) is 0 Å². The van der Waals surface area contributed by atoms with Gasteiger partial charge in [-0.15, -0.1) is 0 Å². The summed E-state index contributed by atoms with van der Waals surface area (Å²) in [6.07, 6.45) is 3.49. The molecule has 0 saturated heterocycles. The van der Waals surface area contributed by atoms with E-state index < -0.39 is 8.07 Å². The number of rotatable bonds is 2. The monoisotopic (exact) mass is 289 g/mol.